The van der Waals surface area contributed by atoms with Crippen LogP contribution in [0.25, 0.3) is 0 Å². The Morgan fingerprint density at radius 1 is 0.471 bits per heavy atom. The fourth-order valence-electron chi connectivity index (χ4n) is 7.14. The first-order valence-corrected chi connectivity index (χ1v) is 27.2. The molecule has 388 valence electrons. The van der Waals surface area contributed by atoms with E-state index in [1.807, 2.05) is 0 Å². The van der Waals surface area contributed by atoms with Crippen LogP contribution in [0.5, 0.6) is 0 Å². The number of aliphatic hydroxyl groups is 5. The molecule has 1 aliphatic rings. The van der Waals surface area contributed by atoms with Crippen molar-refractivity contribution >= 4 is 13.8 Å². The van der Waals surface area contributed by atoms with Crippen molar-refractivity contribution < 1.29 is 58.3 Å². The van der Waals surface area contributed by atoms with Crippen LogP contribution >= 0.6 is 7.82 Å². The minimum atomic E-state index is -5.04. The molecule has 0 bridgehead atoms. The second-order valence-electron chi connectivity index (χ2n) is 17.3. The van der Waals surface area contributed by atoms with Crippen LogP contribution in [0.4, 0.5) is 0 Å². The Labute approximate surface area is 410 Å². The molecular formula is C55H91O12P. The lowest BCUT2D eigenvalue weighted by molar-refractivity contribution is -0.220. The molecule has 0 amide bonds. The molecule has 12 nitrogen and oxygen atoms in total. The molecule has 6 atom stereocenters. The lowest BCUT2D eigenvalue weighted by Gasteiger charge is -2.41. The predicted octanol–water partition coefficient (Wildman–Crippen LogP) is 11.6. The number of ether oxygens (including phenoxy) is 2. The number of phosphoric acid groups is 1. The first kappa shape index (κ1) is 63.0. The number of rotatable bonds is 42. The monoisotopic (exact) mass is 975 g/mol. The molecule has 0 aromatic carbocycles. The standard InChI is InChI=1S/C55H91O12P/c1-3-5-7-9-11-13-15-17-19-21-22-23-24-25-26-27-29-31-33-35-37-39-41-43-45-64-46-48(47-65-68(62,63)67-55-53(60)51(58)50(57)52(59)54(55)61)66-49(56)44-42-40-38-36-34-32-30-28-20-18-16-14-12-10-8-6-4-2/h5-8,11-14,17-20,22-23,25-26,30,32,48,50-55,57-61H,3-4,9-10,15-16,21,24,27-29,31,33-47H2,1-2H3,(H,62,63)/b7-5-,8-6-,13-11-,14-12-,19-17-,20-18-,23-22-,26-25-,32-30-. The van der Waals surface area contributed by atoms with Gasteiger partial charge in [-0.05, 0) is 96.3 Å². The number of allylic oxidation sites excluding steroid dienone is 18. The van der Waals surface area contributed by atoms with E-state index in [0.29, 0.717) is 13.0 Å². The number of hydrogen-bond acceptors (Lipinski definition) is 11. The third-order valence-electron chi connectivity index (χ3n) is 11.1. The second-order valence-corrected chi connectivity index (χ2v) is 18.7. The van der Waals surface area contributed by atoms with E-state index in [0.717, 1.165) is 116 Å². The summed E-state index contributed by atoms with van der Waals surface area (Å²) in [6.07, 6.45) is 50.1. The Bertz CT molecular complexity index is 1530. The van der Waals surface area contributed by atoms with Crippen molar-refractivity contribution in [1.29, 1.82) is 0 Å². The van der Waals surface area contributed by atoms with E-state index in [9.17, 15) is 39.8 Å². The molecule has 0 heterocycles. The van der Waals surface area contributed by atoms with Gasteiger partial charge in [0.25, 0.3) is 0 Å². The van der Waals surface area contributed by atoms with Gasteiger partial charge in [-0.1, -0.05) is 175 Å². The van der Waals surface area contributed by atoms with Gasteiger partial charge in [-0.25, -0.2) is 4.57 Å². The van der Waals surface area contributed by atoms with Crippen molar-refractivity contribution in [3.05, 3.63) is 109 Å². The van der Waals surface area contributed by atoms with Gasteiger partial charge in [0.1, 0.15) is 42.7 Å². The highest BCUT2D eigenvalue weighted by atomic mass is 31.2. The molecule has 0 saturated heterocycles. The van der Waals surface area contributed by atoms with Crippen LogP contribution in [-0.4, -0.2) is 98.9 Å². The van der Waals surface area contributed by atoms with Crippen LogP contribution in [0.2, 0.25) is 0 Å². The van der Waals surface area contributed by atoms with Crippen LogP contribution in [-0.2, 0) is 27.9 Å². The molecule has 0 radical (unpaired) electrons. The van der Waals surface area contributed by atoms with E-state index in [-0.39, 0.29) is 13.0 Å². The van der Waals surface area contributed by atoms with Crippen LogP contribution in [0, 0.1) is 0 Å². The van der Waals surface area contributed by atoms with Crippen LogP contribution in [0.15, 0.2) is 109 Å². The molecule has 6 N–H and O–H groups in total. The van der Waals surface area contributed by atoms with E-state index in [4.69, 9.17) is 18.5 Å². The molecule has 0 spiro atoms. The fourth-order valence-corrected chi connectivity index (χ4v) is 8.11. The zero-order valence-electron chi connectivity index (χ0n) is 41.6. The Morgan fingerprint density at radius 2 is 0.824 bits per heavy atom. The van der Waals surface area contributed by atoms with Gasteiger partial charge in [-0.3, -0.25) is 13.8 Å². The zero-order chi connectivity index (χ0) is 49.8. The summed E-state index contributed by atoms with van der Waals surface area (Å²) in [7, 11) is -5.04. The first-order valence-electron chi connectivity index (χ1n) is 25.7. The summed E-state index contributed by atoms with van der Waals surface area (Å²) >= 11 is 0. The molecule has 1 aliphatic carbocycles. The van der Waals surface area contributed by atoms with Crippen LogP contribution in [0.1, 0.15) is 168 Å². The topological polar surface area (TPSA) is 192 Å². The maximum Gasteiger partial charge on any atom is 0.472 e. The third kappa shape index (κ3) is 35.2. The average molecular weight is 975 g/mol. The molecule has 1 saturated carbocycles. The molecule has 68 heavy (non-hydrogen) atoms. The van der Waals surface area contributed by atoms with Gasteiger partial charge >= 0.3 is 13.8 Å². The Kier molecular flexibility index (Phi) is 40.8. The maximum atomic E-state index is 12.9. The molecular weight excluding hydrogens is 884 g/mol. The summed E-state index contributed by atoms with van der Waals surface area (Å²) in [4.78, 5) is 23.2. The molecule has 0 aromatic heterocycles. The summed E-state index contributed by atoms with van der Waals surface area (Å²) in [6, 6.07) is 0. The predicted molar refractivity (Wildman–Crippen MR) is 276 cm³/mol. The molecule has 0 aromatic rings. The summed E-state index contributed by atoms with van der Waals surface area (Å²) in [5, 5.41) is 50.3. The smallest absolute Gasteiger partial charge is 0.457 e. The largest absolute Gasteiger partial charge is 0.472 e. The van der Waals surface area contributed by atoms with Crippen molar-refractivity contribution in [2.45, 2.75) is 211 Å². The molecule has 1 fully saturated rings. The Hall–Kier alpha value is -3.00. The molecule has 0 aliphatic heterocycles. The van der Waals surface area contributed by atoms with Crippen molar-refractivity contribution in [3.63, 3.8) is 0 Å². The minimum absolute atomic E-state index is 0.100. The van der Waals surface area contributed by atoms with E-state index in [1.165, 1.54) is 25.7 Å². The summed E-state index contributed by atoms with van der Waals surface area (Å²) < 4.78 is 34.3. The van der Waals surface area contributed by atoms with Crippen molar-refractivity contribution in [1.82, 2.24) is 0 Å². The highest BCUT2D eigenvalue weighted by molar-refractivity contribution is 7.47. The van der Waals surface area contributed by atoms with Gasteiger partial charge < -0.3 is 39.9 Å². The highest BCUT2D eigenvalue weighted by Gasteiger charge is 2.51. The number of carbonyl (C=O) groups excluding carboxylic acids is 1. The first-order chi connectivity index (χ1) is 33.0. The van der Waals surface area contributed by atoms with Crippen LogP contribution in [0.3, 0.4) is 0 Å². The van der Waals surface area contributed by atoms with Crippen molar-refractivity contribution in [2.24, 2.45) is 0 Å². The summed E-state index contributed by atoms with van der Waals surface area (Å²) in [6.45, 7) is 3.97. The van der Waals surface area contributed by atoms with Crippen molar-refractivity contribution in [2.75, 3.05) is 19.8 Å². The van der Waals surface area contributed by atoms with Crippen LogP contribution < -0.4 is 0 Å². The minimum Gasteiger partial charge on any atom is -0.457 e. The normalized spacial score (nSPS) is 22.1. The van der Waals surface area contributed by atoms with E-state index < -0.39 is 63.1 Å². The van der Waals surface area contributed by atoms with Crippen molar-refractivity contribution in [3.8, 4) is 0 Å². The number of esters is 1. The van der Waals surface area contributed by atoms with E-state index >= 15 is 0 Å². The van der Waals surface area contributed by atoms with Gasteiger partial charge in [0.15, 0.2) is 0 Å². The summed E-state index contributed by atoms with van der Waals surface area (Å²) in [5.41, 5.74) is 0. The maximum absolute atomic E-state index is 12.9. The Balaban J connectivity index is 2.36. The average Bonchev–Trinajstić information content (AvgIpc) is 3.32. The fraction of sp³-hybridized carbons (Fsp3) is 0.655. The lowest BCUT2D eigenvalue weighted by atomic mass is 9.85. The number of unbranched alkanes of at least 4 members (excludes halogenated alkanes) is 12. The number of carbonyl (C=O) groups is 1. The Morgan fingerprint density at radius 3 is 1.25 bits per heavy atom. The quantitative estimate of drug-likeness (QED) is 0.0147. The van der Waals surface area contributed by atoms with Gasteiger partial charge in [-0.2, -0.15) is 0 Å². The van der Waals surface area contributed by atoms with Gasteiger partial charge in [0.2, 0.25) is 0 Å². The zero-order valence-corrected chi connectivity index (χ0v) is 42.5. The van der Waals surface area contributed by atoms with Gasteiger partial charge in [0.05, 0.1) is 13.2 Å². The van der Waals surface area contributed by atoms with Gasteiger partial charge in [-0.15, -0.1) is 0 Å². The second kappa shape index (κ2) is 44.0. The molecule has 1 rings (SSSR count). The lowest BCUT2D eigenvalue weighted by Crippen LogP contribution is -2.64. The van der Waals surface area contributed by atoms with Gasteiger partial charge in [0, 0.05) is 13.0 Å². The number of hydrogen-bond donors (Lipinski definition) is 6. The van der Waals surface area contributed by atoms with E-state index in [2.05, 4.69) is 123 Å². The third-order valence-corrected chi connectivity index (χ3v) is 12.1. The SMILES string of the molecule is CC/C=C\C/C=C\C/C=C\C/C=C\C/C=C\CCCCCCCCCCOCC(COP(=O)(O)OC1C(O)C(O)C(O)C(O)C1O)OC(=O)CCCCCC/C=C\C/C=C\C/C=C\C/C=C\CC. The highest BCUT2D eigenvalue weighted by Crippen LogP contribution is 2.47. The molecule has 6 unspecified atom stereocenters. The summed E-state index contributed by atoms with van der Waals surface area (Å²) in [5.74, 6) is -0.508. The number of phosphoric ester groups is 1. The van der Waals surface area contributed by atoms with E-state index in [1.54, 1.807) is 0 Å². The number of aliphatic hydroxyl groups excluding tert-OH is 5. The molecule has 13 heteroatoms.